The smallest absolute Gasteiger partial charge is 0.375 e. The number of benzene rings is 1. The molecule has 1 aromatic carbocycles. The fraction of sp³-hybridized carbons (Fsp3) is 0.400. The van der Waals surface area contributed by atoms with E-state index in [9.17, 15) is 20.1 Å². The maximum Gasteiger partial charge on any atom is 0.375 e. The largest absolute Gasteiger partial charge is 0.837 e. The molecular formula is C15H18N2O5. The minimum atomic E-state index is -1.42. The maximum absolute atomic E-state index is 12.2. The van der Waals surface area contributed by atoms with Crippen molar-refractivity contribution in [3.05, 3.63) is 30.3 Å². The van der Waals surface area contributed by atoms with Crippen molar-refractivity contribution in [1.29, 1.82) is 0 Å². The zero-order valence-corrected chi connectivity index (χ0v) is 12.3. The molecule has 7 nitrogen and oxygen atoms in total. The first-order valence-electron chi connectivity index (χ1n) is 6.86. The van der Waals surface area contributed by atoms with Crippen LogP contribution in [0.2, 0.25) is 0 Å². The van der Waals surface area contributed by atoms with Crippen LogP contribution in [0, 0.1) is 0 Å². The molecule has 1 aliphatic carbocycles. The molecule has 0 amide bonds. The van der Waals surface area contributed by atoms with Gasteiger partial charge in [0.15, 0.2) is 5.71 Å². The van der Waals surface area contributed by atoms with Gasteiger partial charge in [0.05, 0.1) is 0 Å². The van der Waals surface area contributed by atoms with Gasteiger partial charge in [-0.1, -0.05) is 18.2 Å². The van der Waals surface area contributed by atoms with Crippen LogP contribution >= 0.6 is 0 Å². The third-order valence-corrected chi connectivity index (χ3v) is 3.70. The van der Waals surface area contributed by atoms with Crippen LogP contribution in [-0.2, 0) is 4.79 Å². The summed E-state index contributed by atoms with van der Waals surface area (Å²) in [6.45, 7) is 1.28. The van der Waals surface area contributed by atoms with Gasteiger partial charge in [-0.05, 0) is 6.92 Å². The van der Waals surface area contributed by atoms with Gasteiger partial charge < -0.3 is 20.4 Å². The van der Waals surface area contributed by atoms with Crippen LogP contribution in [0.15, 0.2) is 30.3 Å². The van der Waals surface area contributed by atoms with Crippen molar-refractivity contribution < 1.29 is 34.8 Å². The molecule has 0 aliphatic heterocycles. The Morgan fingerprint density at radius 2 is 1.82 bits per heavy atom. The lowest BCUT2D eigenvalue weighted by molar-refractivity contribution is -0.542. The molecule has 0 radical (unpaired) electrons. The van der Waals surface area contributed by atoms with Gasteiger partial charge in [0, 0.05) is 24.3 Å². The summed E-state index contributed by atoms with van der Waals surface area (Å²) in [4.78, 5) is 13.4. The first-order valence-corrected chi connectivity index (χ1v) is 6.86. The molecule has 22 heavy (non-hydrogen) atoms. The molecule has 0 saturated heterocycles. The lowest BCUT2D eigenvalue weighted by Gasteiger charge is -2.41. The lowest BCUT2D eigenvalue weighted by Crippen LogP contribution is -2.94. The van der Waals surface area contributed by atoms with Gasteiger partial charge in [0.25, 0.3) is 6.04 Å². The van der Waals surface area contributed by atoms with E-state index >= 15 is 0 Å². The number of rotatable bonds is 4. The molecule has 118 valence electrons. The van der Waals surface area contributed by atoms with Gasteiger partial charge in [-0.3, -0.25) is 0 Å². The maximum atomic E-state index is 12.2. The first-order chi connectivity index (χ1) is 10.3. The number of nitrogens with one attached hydrogen (secondary N) is 1. The van der Waals surface area contributed by atoms with Crippen LogP contribution in [-0.4, -0.2) is 63.6 Å². The summed E-state index contributed by atoms with van der Waals surface area (Å²) in [7, 11) is 1.63. The first kappa shape index (κ1) is 16.3. The second kappa shape index (κ2) is 6.35. The standard InChI is InChI=1S/C15H17N2O5/c1-8(18)10(15(21)22)16-11-13(19)12(14(11)20)17(2)9-6-4-3-5-7-9/h3-8,10,13-14,18H,1-2H3,(H,21,22)/q-1/p+1/t8?,10-,13?,14?/m0/s1. The Labute approximate surface area is 127 Å². The van der Waals surface area contributed by atoms with E-state index in [0.29, 0.717) is 5.69 Å². The van der Waals surface area contributed by atoms with Gasteiger partial charge in [-0.2, -0.15) is 0 Å². The van der Waals surface area contributed by atoms with E-state index in [0.717, 1.165) is 0 Å². The third-order valence-electron chi connectivity index (χ3n) is 3.70. The van der Waals surface area contributed by atoms with Crippen LogP contribution in [0.5, 0.6) is 0 Å². The highest BCUT2D eigenvalue weighted by molar-refractivity contribution is 6.28. The zero-order valence-electron chi connectivity index (χ0n) is 12.3. The Morgan fingerprint density at radius 1 is 1.27 bits per heavy atom. The number of carbonyl (C=O) groups is 1. The number of para-hydroxylation sites is 1. The van der Waals surface area contributed by atoms with Crippen molar-refractivity contribution in [2.75, 3.05) is 7.05 Å². The summed E-state index contributed by atoms with van der Waals surface area (Å²) in [5.74, 6) is -1.31. The molecule has 0 spiro atoms. The van der Waals surface area contributed by atoms with E-state index < -0.39 is 30.3 Å². The summed E-state index contributed by atoms with van der Waals surface area (Å²) in [6.07, 6.45) is -4.07. The molecule has 1 saturated carbocycles. The van der Waals surface area contributed by atoms with E-state index in [1.165, 1.54) is 11.5 Å². The topological polar surface area (TPSA) is 121 Å². The van der Waals surface area contributed by atoms with E-state index in [1.807, 2.05) is 6.07 Å². The molecule has 0 bridgehead atoms. The second-order valence-electron chi connectivity index (χ2n) is 5.24. The van der Waals surface area contributed by atoms with Crippen molar-refractivity contribution in [2.24, 2.45) is 0 Å². The number of carboxylic acids is 1. The van der Waals surface area contributed by atoms with Crippen molar-refractivity contribution in [3.8, 4) is 0 Å². The van der Waals surface area contributed by atoms with Crippen LogP contribution in [0.25, 0.3) is 0 Å². The summed E-state index contributed by atoms with van der Waals surface area (Å²) < 4.78 is 1.53. The molecule has 2 rings (SSSR count). The van der Waals surface area contributed by atoms with Gasteiger partial charge >= 0.3 is 5.97 Å². The summed E-state index contributed by atoms with van der Waals surface area (Å²) in [5.41, 5.74) is 0.693. The molecule has 4 atom stereocenters. The van der Waals surface area contributed by atoms with E-state index in [2.05, 4.69) is 4.99 Å². The molecule has 1 aliphatic rings. The summed E-state index contributed by atoms with van der Waals surface area (Å²) in [5, 5.41) is 42.8. The molecule has 0 heterocycles. The average molecular weight is 306 g/mol. The van der Waals surface area contributed by atoms with E-state index in [4.69, 9.17) is 5.11 Å². The SMILES string of the molecule is CC(O)[C@H]([NH+]=C1C([O-])C(=[N+](C)c2ccccc2)C1[O-])C(=O)O. The predicted octanol–water partition coefficient (Wildman–Crippen LogP) is -3.77. The number of aliphatic hydroxyl groups is 1. The molecule has 1 aromatic rings. The quantitative estimate of drug-likeness (QED) is 0.493. The second-order valence-corrected chi connectivity index (χ2v) is 5.24. The highest BCUT2D eigenvalue weighted by Crippen LogP contribution is 2.15. The number of hydrogen-bond acceptors (Lipinski definition) is 4. The van der Waals surface area contributed by atoms with E-state index in [1.54, 1.807) is 31.3 Å². The zero-order chi connectivity index (χ0) is 16.4. The summed E-state index contributed by atoms with van der Waals surface area (Å²) >= 11 is 0. The van der Waals surface area contributed by atoms with E-state index in [-0.39, 0.29) is 11.4 Å². The number of aliphatic hydroxyl groups excluding tert-OH is 1. The van der Waals surface area contributed by atoms with Gasteiger partial charge in [0.1, 0.15) is 18.9 Å². The molecule has 3 unspecified atom stereocenters. The van der Waals surface area contributed by atoms with Gasteiger partial charge in [-0.15, -0.1) is 0 Å². The average Bonchev–Trinajstić information content (AvgIpc) is 2.47. The molecule has 3 N–H and O–H groups in total. The minimum Gasteiger partial charge on any atom is -0.837 e. The number of nitrogens with zero attached hydrogens (tertiary/aromatic N) is 1. The lowest BCUT2D eigenvalue weighted by atomic mass is 9.85. The highest BCUT2D eigenvalue weighted by Gasteiger charge is 2.43. The van der Waals surface area contributed by atoms with Crippen LogP contribution in [0.3, 0.4) is 0 Å². The van der Waals surface area contributed by atoms with Crippen LogP contribution < -0.4 is 15.2 Å². The highest BCUT2D eigenvalue weighted by atomic mass is 16.4. The van der Waals surface area contributed by atoms with Crippen LogP contribution in [0.1, 0.15) is 6.92 Å². The van der Waals surface area contributed by atoms with Crippen molar-refractivity contribution in [2.45, 2.75) is 31.3 Å². The Morgan fingerprint density at radius 3 is 2.27 bits per heavy atom. The Balaban J connectivity index is 2.31. The molecular weight excluding hydrogens is 288 g/mol. The van der Waals surface area contributed by atoms with Gasteiger partial charge in [0.2, 0.25) is 5.69 Å². The van der Waals surface area contributed by atoms with Crippen molar-refractivity contribution in [3.63, 3.8) is 0 Å². The monoisotopic (exact) mass is 306 g/mol. The fourth-order valence-corrected chi connectivity index (χ4v) is 2.37. The third kappa shape index (κ3) is 2.92. The summed E-state index contributed by atoms with van der Waals surface area (Å²) in [6, 6.07) is 7.59. The minimum absolute atomic E-state index is 0.128. The van der Waals surface area contributed by atoms with Crippen molar-refractivity contribution >= 4 is 23.1 Å². The molecule has 7 heteroatoms. The Bertz CT molecular complexity index is 610. The molecule has 1 fully saturated rings. The fourth-order valence-electron chi connectivity index (χ4n) is 2.37. The predicted molar refractivity (Wildman–Crippen MR) is 73.9 cm³/mol. The number of aliphatic carboxylic acids is 1. The van der Waals surface area contributed by atoms with Crippen LogP contribution in [0.4, 0.5) is 5.69 Å². The molecule has 0 aromatic heterocycles. The van der Waals surface area contributed by atoms with Gasteiger partial charge in [-0.25, -0.2) is 14.4 Å². The Hall–Kier alpha value is -2.09. The normalized spacial score (nSPS) is 23.5. The van der Waals surface area contributed by atoms with Crippen molar-refractivity contribution in [1.82, 2.24) is 0 Å². The number of carboxylic acid groups (broad SMARTS) is 1. The Kier molecular flexibility index (Phi) is 4.70. The number of hydrogen-bond donors (Lipinski definition) is 3.